The van der Waals surface area contributed by atoms with Crippen LogP contribution >= 0.6 is 11.3 Å². The summed E-state index contributed by atoms with van der Waals surface area (Å²) in [7, 11) is 0. The fourth-order valence-electron chi connectivity index (χ4n) is 1.82. The number of aryl methyl sites for hydroxylation is 1. The molecular formula is C11H16OS. The molecule has 0 saturated carbocycles. The van der Waals surface area contributed by atoms with Crippen LogP contribution in [0.4, 0.5) is 0 Å². The highest BCUT2D eigenvalue weighted by atomic mass is 32.1. The molecule has 13 heavy (non-hydrogen) atoms. The lowest BCUT2D eigenvalue weighted by Gasteiger charge is -2.06. The molecule has 1 aliphatic heterocycles. The largest absolute Gasteiger partial charge is 0.370 e. The molecule has 1 nitrogen and oxygen atoms in total. The average molecular weight is 196 g/mol. The Morgan fingerprint density at radius 3 is 2.77 bits per heavy atom. The third-order valence-electron chi connectivity index (χ3n) is 2.79. The van der Waals surface area contributed by atoms with Crippen molar-refractivity contribution in [2.45, 2.75) is 39.4 Å². The average Bonchev–Trinajstić information content (AvgIpc) is 2.68. The quantitative estimate of drug-likeness (QED) is 0.677. The van der Waals surface area contributed by atoms with Crippen LogP contribution in [0.1, 0.15) is 24.3 Å². The summed E-state index contributed by atoms with van der Waals surface area (Å²) < 4.78 is 5.47. The number of thiophene rings is 1. The third kappa shape index (κ3) is 1.94. The molecule has 0 N–H and O–H groups in total. The van der Waals surface area contributed by atoms with Crippen LogP contribution in [0.25, 0.3) is 0 Å². The summed E-state index contributed by atoms with van der Waals surface area (Å²) in [5.41, 5.74) is 1.44. The standard InChI is InChI=1S/C11H16OS/c1-7-4-5-13-10(7)6-8(2)11-9(3)12-11/h4-5,8-9,11H,6H2,1-3H3. The van der Waals surface area contributed by atoms with Crippen LogP contribution in [0.5, 0.6) is 0 Å². The summed E-state index contributed by atoms with van der Waals surface area (Å²) in [5, 5.41) is 2.18. The van der Waals surface area contributed by atoms with Gasteiger partial charge in [0.05, 0.1) is 12.2 Å². The van der Waals surface area contributed by atoms with Crippen LogP contribution < -0.4 is 0 Å². The Hall–Kier alpha value is -0.340. The first-order valence-electron chi connectivity index (χ1n) is 4.87. The van der Waals surface area contributed by atoms with Crippen molar-refractivity contribution in [3.8, 4) is 0 Å². The molecule has 1 saturated heterocycles. The topological polar surface area (TPSA) is 12.5 Å². The predicted octanol–water partition coefficient (Wildman–Crippen LogP) is 3.02. The summed E-state index contributed by atoms with van der Waals surface area (Å²) in [6, 6.07) is 2.20. The van der Waals surface area contributed by atoms with Gasteiger partial charge in [-0.05, 0) is 43.2 Å². The van der Waals surface area contributed by atoms with E-state index in [1.54, 1.807) is 0 Å². The van der Waals surface area contributed by atoms with E-state index in [0.717, 1.165) is 0 Å². The molecule has 1 aliphatic rings. The summed E-state index contributed by atoms with van der Waals surface area (Å²) in [6.07, 6.45) is 2.19. The highest BCUT2D eigenvalue weighted by molar-refractivity contribution is 7.10. The highest BCUT2D eigenvalue weighted by Gasteiger charge is 2.38. The van der Waals surface area contributed by atoms with Gasteiger partial charge in [0.1, 0.15) is 0 Å². The van der Waals surface area contributed by atoms with E-state index in [4.69, 9.17) is 4.74 Å². The van der Waals surface area contributed by atoms with E-state index in [2.05, 4.69) is 32.2 Å². The van der Waals surface area contributed by atoms with Gasteiger partial charge in [0.15, 0.2) is 0 Å². The van der Waals surface area contributed by atoms with E-state index in [9.17, 15) is 0 Å². The second-order valence-electron chi connectivity index (χ2n) is 4.01. The zero-order chi connectivity index (χ0) is 9.42. The number of hydrogen-bond acceptors (Lipinski definition) is 2. The molecule has 3 atom stereocenters. The van der Waals surface area contributed by atoms with Crippen molar-refractivity contribution in [1.82, 2.24) is 0 Å². The summed E-state index contributed by atoms with van der Waals surface area (Å²) in [4.78, 5) is 1.52. The molecule has 0 radical (unpaired) electrons. The Kier molecular flexibility index (Phi) is 2.43. The lowest BCUT2D eigenvalue weighted by Crippen LogP contribution is -2.08. The summed E-state index contributed by atoms with van der Waals surface area (Å²) in [5.74, 6) is 0.673. The Morgan fingerprint density at radius 2 is 2.31 bits per heavy atom. The Balaban J connectivity index is 1.94. The van der Waals surface area contributed by atoms with Gasteiger partial charge in [0, 0.05) is 4.88 Å². The maximum atomic E-state index is 5.47. The van der Waals surface area contributed by atoms with Crippen molar-refractivity contribution in [2.24, 2.45) is 5.92 Å². The van der Waals surface area contributed by atoms with Crippen molar-refractivity contribution in [3.63, 3.8) is 0 Å². The van der Waals surface area contributed by atoms with Gasteiger partial charge in [-0.1, -0.05) is 6.92 Å². The first kappa shape index (κ1) is 9.22. The minimum absolute atomic E-state index is 0.496. The molecule has 0 amide bonds. The predicted molar refractivity (Wildman–Crippen MR) is 56.3 cm³/mol. The van der Waals surface area contributed by atoms with Gasteiger partial charge in [-0.3, -0.25) is 0 Å². The molecule has 0 aromatic carbocycles. The SMILES string of the molecule is Cc1ccsc1CC(C)C1OC1C. The van der Waals surface area contributed by atoms with Crippen LogP contribution in [0.3, 0.4) is 0 Å². The van der Waals surface area contributed by atoms with Gasteiger partial charge in [0.25, 0.3) is 0 Å². The number of hydrogen-bond donors (Lipinski definition) is 0. The normalized spacial score (nSPS) is 28.8. The molecule has 1 aromatic heterocycles. The lowest BCUT2D eigenvalue weighted by atomic mass is 10.00. The molecule has 0 aliphatic carbocycles. The van der Waals surface area contributed by atoms with E-state index in [1.165, 1.54) is 16.9 Å². The van der Waals surface area contributed by atoms with Crippen molar-refractivity contribution < 1.29 is 4.74 Å². The van der Waals surface area contributed by atoms with Crippen LogP contribution in [0.2, 0.25) is 0 Å². The van der Waals surface area contributed by atoms with E-state index >= 15 is 0 Å². The minimum Gasteiger partial charge on any atom is -0.370 e. The number of rotatable bonds is 3. The monoisotopic (exact) mass is 196 g/mol. The molecule has 72 valence electrons. The first-order chi connectivity index (χ1) is 6.18. The van der Waals surface area contributed by atoms with Gasteiger partial charge in [-0.2, -0.15) is 0 Å². The molecular weight excluding hydrogens is 180 g/mol. The smallest absolute Gasteiger partial charge is 0.0867 e. The minimum atomic E-state index is 0.496. The molecule has 3 unspecified atom stereocenters. The van der Waals surface area contributed by atoms with Gasteiger partial charge in [-0.25, -0.2) is 0 Å². The number of epoxide rings is 1. The zero-order valence-electron chi connectivity index (χ0n) is 8.41. The van der Waals surface area contributed by atoms with Gasteiger partial charge < -0.3 is 4.74 Å². The van der Waals surface area contributed by atoms with Crippen LogP contribution in [0.15, 0.2) is 11.4 Å². The molecule has 0 bridgehead atoms. The van der Waals surface area contributed by atoms with Crippen LogP contribution in [0, 0.1) is 12.8 Å². The second kappa shape index (κ2) is 3.43. The molecule has 2 heterocycles. The zero-order valence-corrected chi connectivity index (χ0v) is 9.23. The fraction of sp³-hybridized carbons (Fsp3) is 0.636. The second-order valence-corrected chi connectivity index (χ2v) is 5.01. The maximum absolute atomic E-state index is 5.47. The number of ether oxygens (including phenoxy) is 1. The lowest BCUT2D eigenvalue weighted by molar-refractivity contribution is 0.328. The van der Waals surface area contributed by atoms with E-state index in [1.807, 2.05) is 11.3 Å². The first-order valence-corrected chi connectivity index (χ1v) is 5.75. The van der Waals surface area contributed by atoms with E-state index in [0.29, 0.717) is 18.1 Å². The molecule has 2 rings (SSSR count). The molecule has 2 heteroatoms. The van der Waals surface area contributed by atoms with Crippen molar-refractivity contribution in [3.05, 3.63) is 21.9 Å². The maximum Gasteiger partial charge on any atom is 0.0867 e. The summed E-state index contributed by atoms with van der Waals surface area (Å²) >= 11 is 1.87. The molecule has 1 aromatic rings. The third-order valence-corrected chi connectivity index (χ3v) is 3.84. The summed E-state index contributed by atoms with van der Waals surface area (Å²) in [6.45, 7) is 6.63. The van der Waals surface area contributed by atoms with E-state index in [-0.39, 0.29) is 0 Å². The van der Waals surface area contributed by atoms with Gasteiger partial charge in [0.2, 0.25) is 0 Å². The Morgan fingerprint density at radius 1 is 1.62 bits per heavy atom. The van der Waals surface area contributed by atoms with Gasteiger partial charge >= 0.3 is 0 Å². The Labute approximate surface area is 83.7 Å². The molecule has 1 fully saturated rings. The van der Waals surface area contributed by atoms with Crippen molar-refractivity contribution in [1.29, 1.82) is 0 Å². The Bertz CT molecular complexity index is 292. The van der Waals surface area contributed by atoms with Crippen LogP contribution in [-0.4, -0.2) is 12.2 Å². The van der Waals surface area contributed by atoms with Crippen LogP contribution in [-0.2, 0) is 11.2 Å². The van der Waals surface area contributed by atoms with Gasteiger partial charge in [-0.15, -0.1) is 11.3 Å². The highest BCUT2D eigenvalue weighted by Crippen LogP contribution is 2.32. The van der Waals surface area contributed by atoms with E-state index < -0.39 is 0 Å². The molecule has 0 spiro atoms. The van der Waals surface area contributed by atoms with Crippen molar-refractivity contribution in [2.75, 3.05) is 0 Å². The van der Waals surface area contributed by atoms with Crippen molar-refractivity contribution >= 4 is 11.3 Å². The fourth-order valence-corrected chi connectivity index (χ4v) is 2.87.